The summed E-state index contributed by atoms with van der Waals surface area (Å²) in [5.74, 6) is -1.03. The smallest absolute Gasteiger partial charge is 0.323 e. The number of nitrogens with zero attached hydrogens (tertiary/aromatic N) is 1. The van der Waals surface area contributed by atoms with Crippen LogP contribution in [-0.2, 0) is 19.1 Å². The molecule has 1 saturated heterocycles. The topological polar surface area (TPSA) is 89.7 Å². The normalized spacial score (nSPS) is 18.8. The minimum absolute atomic E-state index is 0.0410. The van der Waals surface area contributed by atoms with Gasteiger partial charge in [0.25, 0.3) is 0 Å². The van der Waals surface area contributed by atoms with E-state index in [4.69, 9.17) is 33.7 Å². The third-order valence-electron chi connectivity index (χ3n) is 3.33. The fourth-order valence-corrected chi connectivity index (χ4v) is 3.54. The molecule has 24 heavy (non-hydrogen) atoms. The molecule has 130 valence electrons. The number of nitrogens with two attached hydrogens (primary N) is 1. The summed E-state index contributed by atoms with van der Waals surface area (Å²) in [6.07, 6.45) is 0.0410. The molecule has 1 aromatic carbocycles. The molecule has 0 spiro atoms. The second-order valence-corrected chi connectivity index (χ2v) is 7.10. The van der Waals surface area contributed by atoms with Crippen molar-refractivity contribution in [3.8, 4) is 0 Å². The van der Waals surface area contributed by atoms with Crippen LogP contribution in [0.25, 0.3) is 0 Å². The highest BCUT2D eigenvalue weighted by Crippen LogP contribution is 2.33. The first-order valence-corrected chi connectivity index (χ1v) is 9.01. The number of ether oxygens (including phenoxy) is 1. The average molecular weight is 391 g/mol. The predicted molar refractivity (Wildman–Crippen MR) is 94.4 cm³/mol. The highest BCUT2D eigenvalue weighted by Gasteiger charge is 2.40. The summed E-state index contributed by atoms with van der Waals surface area (Å²) < 4.78 is 4.81. The van der Waals surface area contributed by atoms with Crippen molar-refractivity contribution in [2.24, 2.45) is 5.73 Å². The maximum absolute atomic E-state index is 12.5. The molecule has 6 nitrogen and oxygen atoms in total. The molecule has 2 atom stereocenters. The number of carbonyl (C=O) groups is 3. The molecule has 0 bridgehead atoms. The van der Waals surface area contributed by atoms with E-state index >= 15 is 0 Å². The Kier molecular flexibility index (Phi) is 6.51. The Morgan fingerprint density at radius 1 is 1.42 bits per heavy atom. The van der Waals surface area contributed by atoms with Gasteiger partial charge in [-0.25, -0.2) is 4.90 Å². The van der Waals surface area contributed by atoms with Gasteiger partial charge in [-0.3, -0.25) is 14.4 Å². The summed E-state index contributed by atoms with van der Waals surface area (Å²) in [5, 5.41) is 0.00785. The average Bonchev–Trinajstić information content (AvgIpc) is 2.82. The Morgan fingerprint density at radius 2 is 2.12 bits per heavy atom. The molecular formula is C15H16Cl2N2O4S. The summed E-state index contributed by atoms with van der Waals surface area (Å²) in [5.41, 5.74) is 6.08. The molecule has 0 saturated carbocycles. The van der Waals surface area contributed by atoms with Crippen LogP contribution in [0.4, 0.5) is 5.69 Å². The standard InChI is InChI=1S/C15H16Cl2N2O4S/c1-2-23-15(22)11(18)7-24-12-6-13(20)19(14(12)21)8-3-4-9(16)10(17)5-8/h3-5,11-12H,2,6-7,18H2,1H3/t11-,12-/m1/s1. The lowest BCUT2D eigenvalue weighted by Crippen LogP contribution is -2.36. The molecule has 1 aromatic rings. The number of thioether (sulfide) groups is 1. The Hall–Kier alpha value is -1.28. The van der Waals surface area contributed by atoms with Gasteiger partial charge in [0.1, 0.15) is 6.04 Å². The molecule has 9 heteroatoms. The zero-order chi connectivity index (χ0) is 17.9. The van der Waals surface area contributed by atoms with E-state index < -0.39 is 17.3 Å². The number of esters is 1. The zero-order valence-electron chi connectivity index (χ0n) is 12.8. The third-order valence-corrected chi connectivity index (χ3v) is 5.39. The number of rotatable bonds is 6. The van der Waals surface area contributed by atoms with Crippen molar-refractivity contribution in [3.63, 3.8) is 0 Å². The highest BCUT2D eigenvalue weighted by atomic mass is 35.5. The summed E-state index contributed by atoms with van der Waals surface area (Å²) in [7, 11) is 0. The van der Waals surface area contributed by atoms with Crippen LogP contribution in [0.1, 0.15) is 13.3 Å². The van der Waals surface area contributed by atoms with Crippen LogP contribution in [0.15, 0.2) is 18.2 Å². The fourth-order valence-electron chi connectivity index (χ4n) is 2.17. The molecule has 0 aliphatic carbocycles. The first-order chi connectivity index (χ1) is 11.3. The lowest BCUT2D eigenvalue weighted by atomic mass is 10.3. The van der Waals surface area contributed by atoms with Gasteiger partial charge in [0, 0.05) is 12.2 Å². The van der Waals surface area contributed by atoms with Crippen molar-refractivity contribution >= 4 is 58.4 Å². The first kappa shape index (κ1) is 19.1. The molecule has 1 aliphatic heterocycles. The summed E-state index contributed by atoms with van der Waals surface area (Å²) in [6.45, 7) is 1.93. The van der Waals surface area contributed by atoms with Crippen LogP contribution in [0.5, 0.6) is 0 Å². The van der Waals surface area contributed by atoms with E-state index in [1.165, 1.54) is 23.9 Å². The minimum Gasteiger partial charge on any atom is -0.465 e. The van der Waals surface area contributed by atoms with E-state index in [0.29, 0.717) is 10.7 Å². The largest absolute Gasteiger partial charge is 0.465 e. The SMILES string of the molecule is CCOC(=O)[C@H](N)CS[C@@H]1CC(=O)N(c2ccc(Cl)c(Cl)c2)C1=O. The molecule has 2 rings (SSSR count). The Bertz CT molecular complexity index is 671. The molecule has 0 aromatic heterocycles. The van der Waals surface area contributed by atoms with E-state index in [1.54, 1.807) is 13.0 Å². The molecule has 0 unspecified atom stereocenters. The lowest BCUT2D eigenvalue weighted by molar-refractivity contribution is -0.144. The fraction of sp³-hybridized carbons (Fsp3) is 0.400. The minimum atomic E-state index is -0.836. The van der Waals surface area contributed by atoms with E-state index in [2.05, 4.69) is 0 Å². The Labute approximate surface area is 153 Å². The van der Waals surface area contributed by atoms with Crippen molar-refractivity contribution < 1.29 is 19.1 Å². The predicted octanol–water partition coefficient (Wildman–Crippen LogP) is 2.25. The molecular weight excluding hydrogens is 375 g/mol. The number of benzene rings is 1. The Morgan fingerprint density at radius 3 is 2.75 bits per heavy atom. The number of hydrogen-bond donors (Lipinski definition) is 1. The van der Waals surface area contributed by atoms with Gasteiger partial charge < -0.3 is 10.5 Å². The number of halogens is 2. The lowest BCUT2D eigenvalue weighted by Gasteiger charge is -2.16. The van der Waals surface area contributed by atoms with Crippen LogP contribution in [0, 0.1) is 0 Å². The third kappa shape index (κ3) is 4.22. The van der Waals surface area contributed by atoms with Crippen molar-refractivity contribution in [1.29, 1.82) is 0 Å². The summed E-state index contributed by atoms with van der Waals surface area (Å²) >= 11 is 13.0. The van der Waals surface area contributed by atoms with Crippen molar-refractivity contribution in [2.75, 3.05) is 17.3 Å². The van der Waals surface area contributed by atoms with Gasteiger partial charge in [-0.1, -0.05) is 23.2 Å². The van der Waals surface area contributed by atoms with Crippen LogP contribution in [0.3, 0.4) is 0 Å². The van der Waals surface area contributed by atoms with Crippen molar-refractivity contribution in [2.45, 2.75) is 24.6 Å². The summed E-state index contributed by atoms with van der Waals surface area (Å²) in [6, 6.07) is 3.71. The van der Waals surface area contributed by atoms with Crippen LogP contribution < -0.4 is 10.6 Å². The van der Waals surface area contributed by atoms with Gasteiger partial charge in [0.2, 0.25) is 11.8 Å². The number of carbonyl (C=O) groups excluding carboxylic acids is 3. The van der Waals surface area contributed by atoms with Gasteiger partial charge in [-0.15, -0.1) is 11.8 Å². The number of amides is 2. The van der Waals surface area contributed by atoms with Crippen molar-refractivity contribution in [1.82, 2.24) is 0 Å². The first-order valence-electron chi connectivity index (χ1n) is 7.20. The maximum Gasteiger partial charge on any atom is 0.323 e. The van der Waals surface area contributed by atoms with Gasteiger partial charge in [-0.2, -0.15) is 0 Å². The van der Waals surface area contributed by atoms with E-state index in [1.807, 2.05) is 0 Å². The second-order valence-electron chi connectivity index (χ2n) is 5.05. The van der Waals surface area contributed by atoms with Crippen molar-refractivity contribution in [3.05, 3.63) is 28.2 Å². The van der Waals surface area contributed by atoms with Gasteiger partial charge in [-0.05, 0) is 25.1 Å². The number of hydrogen-bond acceptors (Lipinski definition) is 6. The molecule has 2 N–H and O–H groups in total. The molecule has 1 fully saturated rings. The Balaban J connectivity index is 2.03. The van der Waals surface area contributed by atoms with E-state index in [9.17, 15) is 14.4 Å². The van der Waals surface area contributed by atoms with Gasteiger partial charge in [0.05, 0.1) is 27.6 Å². The molecule has 2 amide bonds. The maximum atomic E-state index is 12.5. The van der Waals surface area contributed by atoms with Gasteiger partial charge >= 0.3 is 5.97 Å². The molecule has 1 aliphatic rings. The van der Waals surface area contributed by atoms with Gasteiger partial charge in [0.15, 0.2) is 0 Å². The van der Waals surface area contributed by atoms with Crippen LogP contribution in [0.2, 0.25) is 10.0 Å². The summed E-state index contributed by atoms with van der Waals surface area (Å²) in [4.78, 5) is 37.2. The molecule has 0 radical (unpaired) electrons. The van der Waals surface area contributed by atoms with E-state index in [-0.39, 0.29) is 35.6 Å². The number of anilines is 1. The monoisotopic (exact) mass is 390 g/mol. The van der Waals surface area contributed by atoms with Crippen LogP contribution >= 0.6 is 35.0 Å². The van der Waals surface area contributed by atoms with Crippen LogP contribution in [-0.4, -0.2) is 41.4 Å². The zero-order valence-corrected chi connectivity index (χ0v) is 15.2. The van der Waals surface area contributed by atoms with E-state index in [0.717, 1.165) is 4.90 Å². The quantitative estimate of drug-likeness (QED) is 0.591. The number of imide groups is 1. The highest BCUT2D eigenvalue weighted by molar-refractivity contribution is 8.00. The molecule has 1 heterocycles. The second kappa shape index (κ2) is 8.20.